The lowest BCUT2D eigenvalue weighted by molar-refractivity contribution is -0.143. The maximum Gasteiger partial charge on any atom is 0.305 e. The fourth-order valence-electron chi connectivity index (χ4n) is 11.9. The molecule has 0 aromatic heterocycles. The van der Waals surface area contributed by atoms with Gasteiger partial charge in [-0.15, -0.1) is 0 Å². The predicted octanol–water partition coefficient (Wildman–Crippen LogP) is 24.7. The second-order valence-electron chi connectivity index (χ2n) is 26.0. The summed E-state index contributed by atoms with van der Waals surface area (Å²) in [5.41, 5.74) is 0. The third-order valence-corrected chi connectivity index (χ3v) is 17.7. The SMILES string of the molecule is CCCCCCCC/C=C\CCCCCCCCCCCC(=O)OCCCCCCCCCCC/C=C\C/C=C\CCCCCCCCCCCCCC(=O)NC(CO)C(O)CCCCCCCCCCCCCCCCCCCCCC. The Balaban J connectivity index is 3.40. The van der Waals surface area contributed by atoms with Crippen LogP contribution in [0.4, 0.5) is 0 Å². The molecule has 0 spiro atoms. The van der Waals surface area contributed by atoms with Crippen molar-refractivity contribution in [3.63, 3.8) is 0 Å². The molecule has 0 saturated heterocycles. The van der Waals surface area contributed by atoms with Gasteiger partial charge in [0.05, 0.1) is 25.4 Å². The minimum Gasteiger partial charge on any atom is -0.466 e. The standard InChI is InChI=1S/C77H147NO5/c1-3-5-7-9-11-13-15-17-19-21-23-34-37-41-45-49-53-57-61-65-69-75(80)74(73-79)78-76(81)70-66-62-58-54-50-46-42-38-35-31-29-27-25-24-26-28-30-32-36-40-44-48-52-56-60-64-68-72-83-77(82)71-67-63-59-55-51-47-43-39-33-22-20-18-16-14-12-10-8-6-4-2/h18,20,24-25,28,30,74-75,79-80H,3-17,19,21-23,26-27,29,31-73H2,1-2H3,(H,78,81)/b20-18-,25-24-,30-28-. The molecule has 0 aliphatic carbocycles. The number of unbranched alkanes of at least 4 members (excludes halogenated alkanes) is 54. The van der Waals surface area contributed by atoms with Gasteiger partial charge in [0.2, 0.25) is 5.91 Å². The van der Waals surface area contributed by atoms with E-state index in [4.69, 9.17) is 4.74 Å². The summed E-state index contributed by atoms with van der Waals surface area (Å²) in [4.78, 5) is 24.7. The third-order valence-electron chi connectivity index (χ3n) is 17.7. The van der Waals surface area contributed by atoms with E-state index in [9.17, 15) is 19.8 Å². The van der Waals surface area contributed by atoms with Gasteiger partial charge in [0, 0.05) is 12.8 Å². The van der Waals surface area contributed by atoms with Gasteiger partial charge in [0.15, 0.2) is 0 Å². The number of allylic oxidation sites excluding steroid dienone is 6. The zero-order chi connectivity index (χ0) is 59.9. The predicted molar refractivity (Wildman–Crippen MR) is 366 cm³/mol. The highest BCUT2D eigenvalue weighted by molar-refractivity contribution is 5.76. The van der Waals surface area contributed by atoms with Crippen molar-refractivity contribution in [2.75, 3.05) is 13.2 Å². The first-order valence-corrected chi connectivity index (χ1v) is 37.7. The second kappa shape index (κ2) is 72.6. The zero-order valence-electron chi connectivity index (χ0n) is 56.2. The van der Waals surface area contributed by atoms with Crippen molar-refractivity contribution in [1.82, 2.24) is 5.32 Å². The van der Waals surface area contributed by atoms with Crippen molar-refractivity contribution < 1.29 is 24.5 Å². The van der Waals surface area contributed by atoms with Gasteiger partial charge >= 0.3 is 5.97 Å². The third kappa shape index (κ3) is 69.1. The summed E-state index contributed by atoms with van der Waals surface area (Å²) in [6, 6.07) is -0.545. The smallest absolute Gasteiger partial charge is 0.305 e. The molecule has 2 atom stereocenters. The maximum absolute atomic E-state index is 12.5. The summed E-state index contributed by atoms with van der Waals surface area (Å²) in [6.07, 6.45) is 93.5. The zero-order valence-corrected chi connectivity index (χ0v) is 56.2. The van der Waals surface area contributed by atoms with Crippen LogP contribution in [0.1, 0.15) is 418 Å². The van der Waals surface area contributed by atoms with E-state index in [1.807, 2.05) is 0 Å². The highest BCUT2D eigenvalue weighted by Crippen LogP contribution is 2.19. The number of nitrogens with one attached hydrogen (secondary N) is 1. The molecule has 0 aliphatic rings. The Bertz CT molecular complexity index is 1340. The van der Waals surface area contributed by atoms with Crippen LogP contribution in [0.3, 0.4) is 0 Å². The second-order valence-corrected chi connectivity index (χ2v) is 26.0. The van der Waals surface area contributed by atoms with Crippen LogP contribution in [-0.2, 0) is 14.3 Å². The van der Waals surface area contributed by atoms with Crippen molar-refractivity contribution in [2.45, 2.75) is 431 Å². The van der Waals surface area contributed by atoms with Crippen LogP contribution in [-0.4, -0.2) is 47.4 Å². The largest absolute Gasteiger partial charge is 0.466 e. The molecule has 0 rings (SSSR count). The van der Waals surface area contributed by atoms with Crippen molar-refractivity contribution in [3.8, 4) is 0 Å². The molecule has 0 fully saturated rings. The number of carbonyl (C=O) groups excluding carboxylic acids is 2. The minimum absolute atomic E-state index is 0.0110. The molecular formula is C77H147NO5. The summed E-state index contributed by atoms with van der Waals surface area (Å²) in [5.74, 6) is -0.0231. The van der Waals surface area contributed by atoms with Gasteiger partial charge in [0.1, 0.15) is 0 Å². The number of amides is 1. The summed E-state index contributed by atoms with van der Waals surface area (Å²) in [6.45, 7) is 4.99. The normalized spacial score (nSPS) is 12.7. The molecule has 83 heavy (non-hydrogen) atoms. The Morgan fingerprint density at radius 2 is 0.602 bits per heavy atom. The van der Waals surface area contributed by atoms with E-state index in [1.54, 1.807) is 0 Å². The van der Waals surface area contributed by atoms with E-state index in [2.05, 4.69) is 55.6 Å². The fourth-order valence-corrected chi connectivity index (χ4v) is 11.9. The van der Waals surface area contributed by atoms with Crippen LogP contribution in [0.25, 0.3) is 0 Å². The Morgan fingerprint density at radius 1 is 0.337 bits per heavy atom. The number of aliphatic hydroxyl groups is 2. The van der Waals surface area contributed by atoms with E-state index in [1.165, 1.54) is 334 Å². The number of ether oxygens (including phenoxy) is 1. The fraction of sp³-hybridized carbons (Fsp3) is 0.896. The van der Waals surface area contributed by atoms with Crippen molar-refractivity contribution in [1.29, 1.82) is 0 Å². The minimum atomic E-state index is -0.668. The highest BCUT2D eigenvalue weighted by atomic mass is 16.5. The molecule has 0 saturated carbocycles. The summed E-state index contributed by atoms with van der Waals surface area (Å²) in [7, 11) is 0. The molecule has 3 N–H and O–H groups in total. The van der Waals surface area contributed by atoms with E-state index >= 15 is 0 Å². The molecule has 0 heterocycles. The monoisotopic (exact) mass is 1170 g/mol. The average molecular weight is 1170 g/mol. The molecule has 0 radical (unpaired) electrons. The van der Waals surface area contributed by atoms with Gasteiger partial charge in [-0.25, -0.2) is 0 Å². The van der Waals surface area contributed by atoms with Crippen molar-refractivity contribution in [3.05, 3.63) is 36.5 Å². The number of carbonyl (C=O) groups is 2. The summed E-state index contributed by atoms with van der Waals surface area (Å²) < 4.78 is 5.51. The molecular weight excluding hydrogens is 1020 g/mol. The van der Waals surface area contributed by atoms with Crippen LogP contribution in [0.5, 0.6) is 0 Å². The number of esters is 1. The lowest BCUT2D eigenvalue weighted by atomic mass is 10.0. The first-order chi connectivity index (χ1) is 41.0. The molecule has 0 aliphatic heterocycles. The van der Waals surface area contributed by atoms with Crippen LogP contribution < -0.4 is 5.32 Å². The lowest BCUT2D eigenvalue weighted by Crippen LogP contribution is -2.45. The highest BCUT2D eigenvalue weighted by Gasteiger charge is 2.20. The Morgan fingerprint density at radius 3 is 0.928 bits per heavy atom. The number of hydrogen-bond acceptors (Lipinski definition) is 5. The van der Waals surface area contributed by atoms with Crippen LogP contribution in [0, 0.1) is 0 Å². The van der Waals surface area contributed by atoms with Crippen molar-refractivity contribution >= 4 is 11.9 Å². The van der Waals surface area contributed by atoms with E-state index in [0.717, 1.165) is 51.4 Å². The van der Waals surface area contributed by atoms with Gasteiger partial charge in [-0.05, 0) is 83.5 Å². The van der Waals surface area contributed by atoms with Gasteiger partial charge in [-0.1, -0.05) is 359 Å². The van der Waals surface area contributed by atoms with Gasteiger partial charge < -0.3 is 20.3 Å². The molecule has 0 aromatic carbocycles. The number of rotatable bonds is 71. The average Bonchev–Trinajstić information content (AvgIpc) is 3.49. The lowest BCUT2D eigenvalue weighted by Gasteiger charge is -2.22. The Labute approximate surface area is 519 Å². The summed E-state index contributed by atoms with van der Waals surface area (Å²) >= 11 is 0. The van der Waals surface area contributed by atoms with E-state index < -0.39 is 12.1 Å². The molecule has 0 aromatic rings. The maximum atomic E-state index is 12.5. The van der Waals surface area contributed by atoms with Gasteiger partial charge in [-0.2, -0.15) is 0 Å². The molecule has 0 bridgehead atoms. The summed E-state index contributed by atoms with van der Waals surface area (Å²) in [5, 5.41) is 23.4. The number of aliphatic hydroxyl groups excluding tert-OH is 2. The van der Waals surface area contributed by atoms with E-state index in [-0.39, 0.29) is 18.5 Å². The van der Waals surface area contributed by atoms with Gasteiger partial charge in [0.25, 0.3) is 0 Å². The van der Waals surface area contributed by atoms with E-state index in [0.29, 0.717) is 25.9 Å². The van der Waals surface area contributed by atoms with Crippen LogP contribution >= 0.6 is 0 Å². The van der Waals surface area contributed by atoms with Crippen LogP contribution in [0.2, 0.25) is 0 Å². The number of hydrogen-bond donors (Lipinski definition) is 3. The first-order valence-electron chi connectivity index (χ1n) is 37.7. The first kappa shape index (κ1) is 81.1. The molecule has 6 heteroatoms. The molecule has 2 unspecified atom stereocenters. The molecule has 1 amide bonds. The van der Waals surface area contributed by atoms with Gasteiger partial charge in [-0.3, -0.25) is 9.59 Å². The topological polar surface area (TPSA) is 95.9 Å². The quantitative estimate of drug-likeness (QED) is 0.0320. The molecule has 6 nitrogen and oxygen atoms in total. The molecule has 490 valence electrons. The van der Waals surface area contributed by atoms with Crippen molar-refractivity contribution in [2.24, 2.45) is 0 Å². The van der Waals surface area contributed by atoms with Crippen LogP contribution in [0.15, 0.2) is 36.5 Å². The Kier molecular flexibility index (Phi) is 70.9. The Hall–Kier alpha value is -1.92.